The van der Waals surface area contributed by atoms with E-state index in [4.69, 9.17) is 11.6 Å². The molecule has 0 aromatic carbocycles. The first-order valence-electron chi connectivity index (χ1n) is 3.44. The lowest BCUT2D eigenvalue weighted by atomic mass is 10.6. The van der Waals surface area contributed by atoms with Crippen LogP contribution in [-0.4, -0.2) is 26.5 Å². The molecule has 0 radical (unpaired) electrons. The number of carbonyl (C=O) groups is 1. The second-order valence-electron chi connectivity index (χ2n) is 2.15. The first-order chi connectivity index (χ1) is 6.79. The zero-order valence-electron chi connectivity index (χ0n) is 6.60. The average Bonchev–Trinajstić information content (AvgIpc) is 2.76. The van der Waals surface area contributed by atoms with Crippen LogP contribution >= 0.6 is 34.7 Å². The molecule has 0 amide bonds. The Morgan fingerprint density at radius 2 is 2.50 bits per heavy atom. The van der Waals surface area contributed by atoms with Gasteiger partial charge in [0.1, 0.15) is 11.2 Å². The second-order valence-corrected chi connectivity index (χ2v) is 4.77. The normalized spacial score (nSPS) is 10.4. The van der Waals surface area contributed by atoms with E-state index in [1.54, 1.807) is 0 Å². The predicted molar refractivity (Wildman–Crippen MR) is 53.0 cm³/mol. The maximum Gasteiger partial charge on any atom is 0.190 e. The number of halogens is 1. The third kappa shape index (κ3) is 1.94. The molecule has 0 atom stereocenters. The molecule has 2 aromatic heterocycles. The number of rotatable bonds is 3. The van der Waals surface area contributed by atoms with E-state index in [0.29, 0.717) is 20.7 Å². The molecule has 0 saturated heterocycles. The van der Waals surface area contributed by atoms with Gasteiger partial charge < -0.3 is 0 Å². The van der Waals surface area contributed by atoms with E-state index in [-0.39, 0.29) is 5.15 Å². The lowest BCUT2D eigenvalue weighted by Gasteiger charge is -1.86. The van der Waals surface area contributed by atoms with Gasteiger partial charge in [0, 0.05) is 0 Å². The van der Waals surface area contributed by atoms with Crippen LogP contribution in [0.15, 0.2) is 15.8 Å². The summed E-state index contributed by atoms with van der Waals surface area (Å²) < 4.78 is 0.661. The molecule has 0 aliphatic carbocycles. The molecule has 2 rings (SSSR count). The first-order valence-corrected chi connectivity index (χ1v) is 5.45. The number of aldehydes is 1. The Morgan fingerprint density at radius 1 is 1.64 bits per heavy atom. The molecule has 2 aromatic rings. The molecule has 5 nitrogen and oxygen atoms in total. The van der Waals surface area contributed by atoms with Gasteiger partial charge in [-0.05, 0) is 11.8 Å². The summed E-state index contributed by atoms with van der Waals surface area (Å²) in [5.74, 6) is 0. The van der Waals surface area contributed by atoms with Gasteiger partial charge in [0.2, 0.25) is 0 Å². The smallest absolute Gasteiger partial charge is 0.190 e. The average molecular weight is 247 g/mol. The number of aromatic amines is 1. The largest absolute Gasteiger partial charge is 0.297 e. The summed E-state index contributed by atoms with van der Waals surface area (Å²) in [6, 6.07) is 0. The standard InChI is InChI=1S/C6H3ClN4OS2/c7-4-3(1-12)13-6(10-4)14-5-8-2-9-11-5/h1-2H,(H,8,9,11). The van der Waals surface area contributed by atoms with Crippen LogP contribution in [0.2, 0.25) is 5.15 Å². The molecule has 8 heteroatoms. The molecule has 0 spiro atoms. The maximum absolute atomic E-state index is 10.5. The fourth-order valence-electron chi connectivity index (χ4n) is 0.737. The Balaban J connectivity index is 2.21. The van der Waals surface area contributed by atoms with Crippen LogP contribution in [0.25, 0.3) is 0 Å². The minimum Gasteiger partial charge on any atom is -0.297 e. The highest BCUT2D eigenvalue weighted by molar-refractivity contribution is 8.00. The minimum absolute atomic E-state index is 0.229. The molecular formula is C6H3ClN4OS2. The quantitative estimate of drug-likeness (QED) is 0.838. The summed E-state index contributed by atoms with van der Waals surface area (Å²) in [5.41, 5.74) is 0. The van der Waals surface area contributed by atoms with Crippen LogP contribution in [0, 0.1) is 0 Å². The van der Waals surface area contributed by atoms with Crippen molar-refractivity contribution in [1.82, 2.24) is 20.2 Å². The highest BCUT2D eigenvalue weighted by Gasteiger charge is 2.10. The van der Waals surface area contributed by atoms with E-state index in [1.807, 2.05) is 0 Å². The summed E-state index contributed by atoms with van der Waals surface area (Å²) in [6.07, 6.45) is 2.09. The molecule has 0 aliphatic heterocycles. The van der Waals surface area contributed by atoms with Crippen LogP contribution in [0.3, 0.4) is 0 Å². The van der Waals surface area contributed by atoms with Gasteiger partial charge in [0.15, 0.2) is 20.9 Å². The van der Waals surface area contributed by atoms with Gasteiger partial charge in [-0.25, -0.2) is 9.97 Å². The SMILES string of the molecule is O=Cc1sc(Sc2ncn[nH]2)nc1Cl. The van der Waals surface area contributed by atoms with Gasteiger partial charge >= 0.3 is 0 Å². The van der Waals surface area contributed by atoms with Crippen LogP contribution < -0.4 is 0 Å². The fourth-order valence-corrected chi connectivity index (χ4v) is 2.76. The van der Waals surface area contributed by atoms with Gasteiger partial charge in [0.25, 0.3) is 0 Å². The summed E-state index contributed by atoms with van der Waals surface area (Å²) in [6.45, 7) is 0. The van der Waals surface area contributed by atoms with Crippen LogP contribution in [-0.2, 0) is 0 Å². The highest BCUT2D eigenvalue weighted by atomic mass is 35.5. The van der Waals surface area contributed by atoms with Crippen molar-refractivity contribution in [1.29, 1.82) is 0 Å². The van der Waals surface area contributed by atoms with Crippen LogP contribution in [0.5, 0.6) is 0 Å². The number of nitrogens with one attached hydrogen (secondary N) is 1. The van der Waals surface area contributed by atoms with E-state index in [9.17, 15) is 4.79 Å². The number of H-pyrrole nitrogens is 1. The monoisotopic (exact) mass is 246 g/mol. The molecule has 2 heterocycles. The highest BCUT2D eigenvalue weighted by Crippen LogP contribution is 2.31. The van der Waals surface area contributed by atoms with Crippen molar-refractivity contribution >= 4 is 41.0 Å². The molecule has 0 saturated carbocycles. The van der Waals surface area contributed by atoms with Crippen molar-refractivity contribution in [2.75, 3.05) is 0 Å². The van der Waals surface area contributed by atoms with E-state index in [0.717, 1.165) is 0 Å². The van der Waals surface area contributed by atoms with Gasteiger partial charge in [-0.2, -0.15) is 5.10 Å². The summed E-state index contributed by atoms with van der Waals surface area (Å²) in [5, 5.41) is 7.20. The summed E-state index contributed by atoms with van der Waals surface area (Å²) in [4.78, 5) is 18.8. The Morgan fingerprint density at radius 3 is 3.07 bits per heavy atom. The minimum atomic E-state index is 0.229. The Kier molecular flexibility index (Phi) is 2.80. The molecule has 0 fully saturated rings. The van der Waals surface area contributed by atoms with E-state index in [1.165, 1.54) is 29.4 Å². The predicted octanol–water partition coefficient (Wildman–Crippen LogP) is 1.88. The molecule has 0 aliphatic rings. The Labute approximate surface area is 91.9 Å². The van der Waals surface area contributed by atoms with Gasteiger partial charge in [0.05, 0.1) is 0 Å². The number of thiazole rings is 1. The van der Waals surface area contributed by atoms with Crippen molar-refractivity contribution in [2.24, 2.45) is 0 Å². The number of nitrogens with zero attached hydrogens (tertiary/aromatic N) is 3. The molecule has 72 valence electrons. The third-order valence-corrected chi connectivity index (χ3v) is 3.61. The summed E-state index contributed by atoms with van der Waals surface area (Å²) in [7, 11) is 0. The first kappa shape index (κ1) is 9.63. The van der Waals surface area contributed by atoms with Crippen molar-refractivity contribution < 1.29 is 4.79 Å². The van der Waals surface area contributed by atoms with Gasteiger partial charge in [-0.1, -0.05) is 11.6 Å². The zero-order chi connectivity index (χ0) is 9.97. The van der Waals surface area contributed by atoms with Crippen molar-refractivity contribution in [3.8, 4) is 0 Å². The number of aromatic nitrogens is 4. The Bertz CT molecular complexity index is 441. The Hall–Kier alpha value is -0.920. The molecular weight excluding hydrogens is 244 g/mol. The van der Waals surface area contributed by atoms with E-state index < -0.39 is 0 Å². The van der Waals surface area contributed by atoms with Crippen molar-refractivity contribution in [2.45, 2.75) is 9.50 Å². The second kappa shape index (κ2) is 4.07. The fraction of sp³-hybridized carbons (Fsp3) is 0. The van der Waals surface area contributed by atoms with Crippen molar-refractivity contribution in [3.05, 3.63) is 16.4 Å². The summed E-state index contributed by atoms with van der Waals surface area (Å²) >= 11 is 8.20. The van der Waals surface area contributed by atoms with Crippen LogP contribution in [0.1, 0.15) is 9.67 Å². The lowest BCUT2D eigenvalue weighted by molar-refractivity contribution is 0.112. The molecule has 1 N–H and O–H groups in total. The topological polar surface area (TPSA) is 71.5 Å². The maximum atomic E-state index is 10.5. The van der Waals surface area contributed by atoms with E-state index in [2.05, 4.69) is 20.2 Å². The number of hydrogen-bond donors (Lipinski definition) is 1. The van der Waals surface area contributed by atoms with E-state index >= 15 is 0 Å². The van der Waals surface area contributed by atoms with Gasteiger partial charge in [-0.3, -0.25) is 9.89 Å². The number of carbonyl (C=O) groups excluding carboxylic acids is 1. The molecule has 0 unspecified atom stereocenters. The van der Waals surface area contributed by atoms with Gasteiger partial charge in [-0.15, -0.1) is 11.3 Å². The number of hydrogen-bond acceptors (Lipinski definition) is 6. The zero-order valence-corrected chi connectivity index (χ0v) is 8.99. The van der Waals surface area contributed by atoms with Crippen molar-refractivity contribution in [3.63, 3.8) is 0 Å². The third-order valence-electron chi connectivity index (χ3n) is 1.27. The molecule has 14 heavy (non-hydrogen) atoms. The molecule has 0 bridgehead atoms. The van der Waals surface area contributed by atoms with Crippen LogP contribution in [0.4, 0.5) is 0 Å². The lowest BCUT2D eigenvalue weighted by Crippen LogP contribution is -1.74.